The molecule has 4 heterocycles. The Hall–Kier alpha value is -4.73. The molecule has 0 spiro atoms. The zero-order chi connectivity index (χ0) is 34.0. The first-order chi connectivity index (χ1) is 24.5. The fourth-order valence-corrected chi connectivity index (χ4v) is 8.66. The van der Waals surface area contributed by atoms with Gasteiger partial charge in [0.25, 0.3) is 0 Å². The minimum atomic E-state index is -0.378. The standard InChI is InChI=1S/C41H46N6O3/c48-36-13-15-38-31(26-36)8-14-37(29-4-2-1-3-5-29)40(38)30-6-10-33(11-7-30)45-19-16-34(17-20-45)46-24-22-44(23-25-46)28-32-9-12-35(27-42-32)47-21-18-39(49)43-41(47)50/h1-7,9-13,15,26-27,34,37,40,48H,8,14,16-25,28H2,(H,43,49,50). The van der Waals surface area contributed by atoms with Crippen LogP contribution in [0.1, 0.15) is 65.5 Å². The number of hydrogen-bond donors (Lipinski definition) is 2. The zero-order valence-corrected chi connectivity index (χ0v) is 28.6. The number of imide groups is 1. The third kappa shape index (κ3) is 6.85. The van der Waals surface area contributed by atoms with Crippen molar-refractivity contribution < 1.29 is 14.7 Å². The summed E-state index contributed by atoms with van der Waals surface area (Å²) in [6, 6.07) is 30.4. The molecular weight excluding hydrogens is 624 g/mol. The van der Waals surface area contributed by atoms with E-state index in [2.05, 4.69) is 85.7 Å². The molecule has 1 aliphatic carbocycles. The average molecular weight is 671 g/mol. The van der Waals surface area contributed by atoms with Gasteiger partial charge in [-0.1, -0.05) is 48.5 Å². The monoisotopic (exact) mass is 670 g/mol. The number of hydrogen-bond acceptors (Lipinski definition) is 7. The van der Waals surface area contributed by atoms with Crippen LogP contribution in [0.3, 0.4) is 0 Å². The Morgan fingerprint density at radius 3 is 2.22 bits per heavy atom. The molecule has 258 valence electrons. The van der Waals surface area contributed by atoms with Crippen LogP contribution in [-0.2, 0) is 17.8 Å². The van der Waals surface area contributed by atoms with E-state index in [4.69, 9.17) is 0 Å². The maximum Gasteiger partial charge on any atom is 0.328 e. The van der Waals surface area contributed by atoms with E-state index < -0.39 is 0 Å². The fraction of sp³-hybridized carbons (Fsp3) is 0.390. The van der Waals surface area contributed by atoms with Crippen molar-refractivity contribution in [2.75, 3.05) is 55.6 Å². The number of aryl methyl sites for hydroxylation is 1. The smallest absolute Gasteiger partial charge is 0.328 e. The summed E-state index contributed by atoms with van der Waals surface area (Å²) in [7, 11) is 0. The molecule has 3 aromatic carbocycles. The molecular formula is C41H46N6O3. The third-order valence-electron chi connectivity index (χ3n) is 11.4. The fourth-order valence-electron chi connectivity index (χ4n) is 8.66. The Labute approximate surface area is 294 Å². The van der Waals surface area contributed by atoms with Crippen molar-refractivity contribution in [1.29, 1.82) is 0 Å². The highest BCUT2D eigenvalue weighted by molar-refractivity contribution is 6.05. The van der Waals surface area contributed by atoms with Gasteiger partial charge in [0.05, 0.1) is 17.6 Å². The number of phenolic OH excluding ortho intramolecular Hbond substituents is 1. The van der Waals surface area contributed by atoms with E-state index in [9.17, 15) is 14.7 Å². The van der Waals surface area contributed by atoms with Gasteiger partial charge in [0.1, 0.15) is 5.75 Å². The van der Waals surface area contributed by atoms with E-state index in [1.807, 2.05) is 24.3 Å². The molecule has 9 nitrogen and oxygen atoms in total. The lowest BCUT2D eigenvalue weighted by Gasteiger charge is -2.43. The number of phenols is 1. The average Bonchev–Trinajstić information content (AvgIpc) is 3.16. The summed E-state index contributed by atoms with van der Waals surface area (Å²) in [5.74, 6) is 0.808. The van der Waals surface area contributed by atoms with Crippen LogP contribution in [0.2, 0.25) is 0 Å². The van der Waals surface area contributed by atoms with E-state index >= 15 is 0 Å². The summed E-state index contributed by atoms with van der Waals surface area (Å²) in [4.78, 5) is 37.5. The molecule has 4 aliphatic rings. The zero-order valence-electron chi connectivity index (χ0n) is 28.6. The third-order valence-corrected chi connectivity index (χ3v) is 11.4. The largest absolute Gasteiger partial charge is 0.508 e. The van der Waals surface area contributed by atoms with Crippen LogP contribution in [0.5, 0.6) is 5.75 Å². The van der Waals surface area contributed by atoms with Crippen molar-refractivity contribution in [2.24, 2.45) is 0 Å². The lowest BCUT2D eigenvalue weighted by atomic mass is 9.69. The predicted molar refractivity (Wildman–Crippen MR) is 196 cm³/mol. The van der Waals surface area contributed by atoms with Crippen LogP contribution in [-0.4, -0.2) is 83.7 Å². The molecule has 3 aliphatic heterocycles. The van der Waals surface area contributed by atoms with Crippen LogP contribution in [0, 0.1) is 0 Å². The molecule has 0 saturated carbocycles. The van der Waals surface area contributed by atoms with E-state index in [1.54, 1.807) is 11.1 Å². The summed E-state index contributed by atoms with van der Waals surface area (Å²) in [6.07, 6.45) is 6.46. The Morgan fingerprint density at radius 2 is 1.50 bits per heavy atom. The Bertz CT molecular complexity index is 1800. The second kappa shape index (κ2) is 14.2. The molecule has 8 rings (SSSR count). The van der Waals surface area contributed by atoms with Crippen LogP contribution in [0.15, 0.2) is 91.1 Å². The Balaban J connectivity index is 0.846. The van der Waals surface area contributed by atoms with Crippen molar-refractivity contribution in [3.05, 3.63) is 119 Å². The first-order valence-corrected chi connectivity index (χ1v) is 18.2. The SMILES string of the molecule is O=C1CCN(c2ccc(CN3CCN(C4CCN(c5ccc(C6c7ccc(O)cc7CCC6c6ccccc6)cc5)CC4)CC3)nc2)C(=O)N1. The van der Waals surface area contributed by atoms with Crippen molar-refractivity contribution in [3.8, 4) is 5.75 Å². The molecule has 3 saturated heterocycles. The second-order valence-electron chi connectivity index (χ2n) is 14.3. The van der Waals surface area contributed by atoms with Gasteiger partial charge in [0.15, 0.2) is 0 Å². The molecule has 2 atom stereocenters. The number of fused-ring (bicyclic) bond motifs is 1. The summed E-state index contributed by atoms with van der Waals surface area (Å²) >= 11 is 0. The van der Waals surface area contributed by atoms with Gasteiger partial charge >= 0.3 is 6.03 Å². The number of urea groups is 1. The number of carbonyl (C=O) groups is 2. The number of benzene rings is 3. The Kier molecular flexibility index (Phi) is 9.25. The number of anilines is 2. The van der Waals surface area contributed by atoms with E-state index in [1.165, 1.54) is 40.8 Å². The van der Waals surface area contributed by atoms with Gasteiger partial charge in [-0.3, -0.25) is 29.8 Å². The maximum atomic E-state index is 12.2. The van der Waals surface area contributed by atoms with Crippen LogP contribution in [0.4, 0.5) is 16.2 Å². The first-order valence-electron chi connectivity index (χ1n) is 18.2. The van der Waals surface area contributed by atoms with Gasteiger partial charge in [-0.2, -0.15) is 0 Å². The number of nitrogens with one attached hydrogen (secondary N) is 1. The van der Waals surface area contributed by atoms with Crippen molar-refractivity contribution in [1.82, 2.24) is 20.1 Å². The second-order valence-corrected chi connectivity index (χ2v) is 14.3. The Morgan fingerprint density at radius 1 is 0.740 bits per heavy atom. The summed E-state index contributed by atoms with van der Waals surface area (Å²) in [6.45, 7) is 7.52. The molecule has 0 radical (unpaired) electrons. The molecule has 50 heavy (non-hydrogen) atoms. The topological polar surface area (TPSA) is 92.2 Å². The molecule has 3 amide bonds. The van der Waals surface area contributed by atoms with Gasteiger partial charge in [0.2, 0.25) is 5.91 Å². The van der Waals surface area contributed by atoms with E-state index in [-0.39, 0.29) is 17.9 Å². The molecule has 2 N–H and O–H groups in total. The van der Waals surface area contributed by atoms with Crippen molar-refractivity contribution in [2.45, 2.75) is 56.5 Å². The normalized spacial score (nSPS) is 22.3. The number of nitrogens with zero attached hydrogens (tertiary/aromatic N) is 5. The van der Waals surface area contributed by atoms with Gasteiger partial charge in [-0.05, 0) is 90.3 Å². The number of piperazine rings is 1. The number of rotatable bonds is 7. The quantitative estimate of drug-likeness (QED) is 0.254. The number of aromatic hydroxyl groups is 1. The van der Waals surface area contributed by atoms with E-state index in [0.717, 1.165) is 70.0 Å². The number of aromatic nitrogens is 1. The lowest BCUT2D eigenvalue weighted by molar-refractivity contribution is -0.120. The maximum absolute atomic E-state index is 12.2. The molecule has 2 unspecified atom stereocenters. The number of amides is 3. The molecule has 3 fully saturated rings. The number of carbonyl (C=O) groups excluding carboxylic acids is 2. The van der Waals surface area contributed by atoms with Crippen molar-refractivity contribution >= 4 is 23.3 Å². The molecule has 0 bridgehead atoms. The highest BCUT2D eigenvalue weighted by atomic mass is 16.3. The number of pyridine rings is 1. The minimum absolute atomic E-state index is 0.228. The summed E-state index contributed by atoms with van der Waals surface area (Å²) < 4.78 is 0. The highest BCUT2D eigenvalue weighted by Crippen LogP contribution is 2.47. The molecule has 1 aromatic heterocycles. The van der Waals surface area contributed by atoms with Gasteiger partial charge in [0, 0.05) is 76.4 Å². The van der Waals surface area contributed by atoms with E-state index in [0.29, 0.717) is 30.7 Å². The van der Waals surface area contributed by atoms with Gasteiger partial charge in [-0.25, -0.2) is 4.79 Å². The molecule has 4 aromatic rings. The first kappa shape index (κ1) is 32.5. The summed E-state index contributed by atoms with van der Waals surface area (Å²) in [5.41, 5.74) is 8.37. The minimum Gasteiger partial charge on any atom is -0.508 e. The van der Waals surface area contributed by atoms with Gasteiger partial charge in [-0.15, -0.1) is 0 Å². The number of piperidine rings is 1. The van der Waals surface area contributed by atoms with Gasteiger partial charge < -0.3 is 10.0 Å². The summed E-state index contributed by atoms with van der Waals surface area (Å²) in [5, 5.41) is 12.6. The van der Waals surface area contributed by atoms with Crippen LogP contribution >= 0.6 is 0 Å². The van der Waals surface area contributed by atoms with Crippen molar-refractivity contribution in [3.63, 3.8) is 0 Å². The highest BCUT2D eigenvalue weighted by Gasteiger charge is 2.33. The molecule has 9 heteroatoms. The van der Waals surface area contributed by atoms with Crippen LogP contribution in [0.25, 0.3) is 0 Å². The predicted octanol–water partition coefficient (Wildman–Crippen LogP) is 5.88. The lowest BCUT2D eigenvalue weighted by Crippen LogP contribution is -2.53. The van der Waals surface area contributed by atoms with Crippen LogP contribution < -0.4 is 15.1 Å².